The first kappa shape index (κ1) is 69.9. The zero-order valence-electron chi connectivity index (χ0n) is 55.6. The molecule has 0 aliphatic carbocycles. The molecule has 7 aromatic rings. The third-order valence-corrected chi connectivity index (χ3v) is 16.0. The van der Waals surface area contributed by atoms with Crippen molar-refractivity contribution in [1.29, 1.82) is 0 Å². The van der Waals surface area contributed by atoms with Crippen LogP contribution >= 0.6 is 0 Å². The monoisotopic (exact) mass is 1220 g/mol. The molecule has 91 heavy (non-hydrogen) atoms. The summed E-state index contributed by atoms with van der Waals surface area (Å²) in [5.74, 6) is 1.81. The Kier molecular flexibility index (Phi) is 30.9. The Balaban J connectivity index is 1.49. The van der Waals surface area contributed by atoms with Gasteiger partial charge in [0.2, 0.25) is 0 Å². The van der Waals surface area contributed by atoms with Crippen molar-refractivity contribution in [2.75, 3.05) is 19.8 Å². The number of hydrogen-bond acceptors (Lipinski definition) is 8. The minimum atomic E-state index is -0.0276. The molecule has 8 nitrogen and oxygen atoms in total. The number of aryl methyl sites for hydroxylation is 3. The van der Waals surface area contributed by atoms with Gasteiger partial charge in [-0.2, -0.15) is 0 Å². The predicted molar refractivity (Wildman–Crippen MR) is 375 cm³/mol. The molecule has 0 radical (unpaired) electrons. The molecular formula is C83H97N3O5. The lowest BCUT2D eigenvalue weighted by molar-refractivity contribution is 0.304. The summed E-state index contributed by atoms with van der Waals surface area (Å²) in [5, 5.41) is 27.5. The van der Waals surface area contributed by atoms with E-state index in [1.807, 2.05) is 66.7 Å². The summed E-state index contributed by atoms with van der Waals surface area (Å²) in [4.78, 5) is 14.9. The van der Waals surface area contributed by atoms with Crippen LogP contribution in [0.4, 0.5) is 0 Å². The van der Waals surface area contributed by atoms with Crippen LogP contribution in [0.1, 0.15) is 225 Å². The zero-order valence-corrected chi connectivity index (χ0v) is 55.6. The van der Waals surface area contributed by atoms with Crippen molar-refractivity contribution < 1.29 is 24.4 Å². The normalized spacial score (nSPS) is 10.6. The maximum absolute atomic E-state index is 12.1. The van der Waals surface area contributed by atoms with Gasteiger partial charge in [-0.25, -0.2) is 15.0 Å². The second kappa shape index (κ2) is 40.3. The number of aromatic nitrogens is 3. The Morgan fingerprint density at radius 1 is 0.264 bits per heavy atom. The Labute approximate surface area is 546 Å². The molecule has 8 heteroatoms. The summed E-state index contributed by atoms with van der Waals surface area (Å²) >= 11 is 0. The molecule has 7 rings (SSSR count). The van der Waals surface area contributed by atoms with Gasteiger partial charge >= 0.3 is 0 Å². The molecule has 0 amide bonds. The van der Waals surface area contributed by atoms with Crippen LogP contribution in [0.15, 0.2) is 78.9 Å². The van der Waals surface area contributed by atoms with Crippen LogP contribution in [-0.4, -0.2) is 45.0 Å². The summed E-state index contributed by atoms with van der Waals surface area (Å²) in [6, 6.07) is 65.2. The standard InChI is InChI=1S/C83H97N3O5/c1-7-13-19-22-25-30-48-89-79-58-73-42-36-67-51-64(33-18-12-6)52-68(53-67)37-43-74-59-80(90-49-31-26-23-20-14-8-2)61-76(85-74)45-39-70-55-66(35-29-17-11-5)57-72(83(70)88)41-47-78-63-81(91-50-32-27-24-21-15-9-3)62-77(86-78)46-40-71-56-65(34-28-16-10-4)54-69(82(71)87)38-44-75(60-79)84-73/h51-63,87-88H,7-35,48-50H2,1-6H3. The lowest BCUT2D eigenvalue weighted by Crippen LogP contribution is -1.97. The third kappa shape index (κ3) is 25.3. The number of rotatable bonds is 35. The van der Waals surface area contributed by atoms with Crippen LogP contribution in [0.3, 0.4) is 0 Å². The van der Waals surface area contributed by atoms with E-state index in [0.29, 0.717) is 91.7 Å². The van der Waals surface area contributed by atoms with E-state index in [9.17, 15) is 10.2 Å². The van der Waals surface area contributed by atoms with Crippen LogP contribution in [-0.2, 0) is 19.3 Å². The van der Waals surface area contributed by atoms with Crippen molar-refractivity contribution in [2.45, 2.75) is 228 Å². The average Bonchev–Trinajstić information content (AvgIpc) is 1.60. The second-order valence-corrected chi connectivity index (χ2v) is 24.1. The number of phenolic OH excluding ortho intramolecular Hbond substituents is 2. The highest BCUT2D eigenvalue weighted by Gasteiger charge is 2.07. The van der Waals surface area contributed by atoms with Gasteiger partial charge in [0.1, 0.15) is 61.8 Å². The van der Waals surface area contributed by atoms with Gasteiger partial charge in [0.05, 0.1) is 41.4 Å². The summed E-state index contributed by atoms with van der Waals surface area (Å²) < 4.78 is 19.3. The number of benzene rings is 3. The van der Waals surface area contributed by atoms with E-state index in [0.717, 1.165) is 143 Å². The average molecular weight is 1220 g/mol. The lowest BCUT2D eigenvalue weighted by Gasteiger charge is -2.06. The van der Waals surface area contributed by atoms with E-state index < -0.39 is 0 Å². The number of fused-ring (bicyclic) bond motifs is 12. The Bertz CT molecular complexity index is 3470. The smallest absolute Gasteiger partial charge is 0.146 e. The van der Waals surface area contributed by atoms with Gasteiger partial charge in [0, 0.05) is 47.2 Å². The maximum Gasteiger partial charge on any atom is 0.146 e. The van der Waals surface area contributed by atoms with Crippen molar-refractivity contribution in [3.63, 3.8) is 0 Å². The van der Waals surface area contributed by atoms with E-state index in [1.54, 1.807) is 0 Å². The molecule has 4 aromatic heterocycles. The van der Waals surface area contributed by atoms with Crippen LogP contribution in [0.25, 0.3) is 65.4 Å². The van der Waals surface area contributed by atoms with E-state index in [-0.39, 0.29) is 11.5 Å². The molecule has 0 fully saturated rings. The number of unbranched alkanes of at least 4 members (excludes halogenated alkanes) is 20. The van der Waals surface area contributed by atoms with Gasteiger partial charge in [-0.15, -0.1) is 0 Å². The summed E-state index contributed by atoms with van der Waals surface area (Å²) in [5.41, 5.74) is 5.98. The van der Waals surface area contributed by atoms with Gasteiger partial charge in [-0.1, -0.05) is 206 Å². The molecule has 12 bridgehead atoms. The highest BCUT2D eigenvalue weighted by atomic mass is 16.5. The van der Waals surface area contributed by atoms with Gasteiger partial charge in [-0.3, -0.25) is 0 Å². The Hall–Kier alpha value is -8.53. The van der Waals surface area contributed by atoms with Gasteiger partial charge in [0.25, 0.3) is 0 Å². The van der Waals surface area contributed by atoms with Crippen LogP contribution in [0, 0.1) is 72.8 Å². The summed E-state index contributed by atoms with van der Waals surface area (Å²) in [7, 11) is 0. The molecule has 0 spiro atoms. The fourth-order valence-electron chi connectivity index (χ4n) is 10.7. The molecule has 0 unspecified atom stereocenters. The van der Waals surface area contributed by atoms with E-state index in [2.05, 4.69) is 126 Å². The second-order valence-electron chi connectivity index (χ2n) is 24.1. The largest absolute Gasteiger partial charge is 0.505 e. The quantitative estimate of drug-likeness (QED) is 0.0379. The van der Waals surface area contributed by atoms with E-state index in [1.165, 1.54) is 70.6 Å². The number of hydrogen-bond donors (Lipinski definition) is 2. The Morgan fingerprint density at radius 3 is 0.824 bits per heavy atom. The maximum atomic E-state index is 12.1. The zero-order chi connectivity index (χ0) is 64.1. The number of phenols is 2. The highest BCUT2D eigenvalue weighted by Crippen LogP contribution is 2.28. The molecular weight excluding hydrogens is 1120 g/mol. The molecule has 0 aliphatic heterocycles. The van der Waals surface area contributed by atoms with Crippen molar-refractivity contribution in [2.24, 2.45) is 0 Å². The van der Waals surface area contributed by atoms with Gasteiger partial charge in [0.15, 0.2) is 0 Å². The molecule has 0 saturated carbocycles. The summed E-state index contributed by atoms with van der Waals surface area (Å²) in [6.07, 6.45) is 31.3. The van der Waals surface area contributed by atoms with Crippen molar-refractivity contribution in [3.05, 3.63) is 168 Å². The number of pyridine rings is 3. The first-order valence-corrected chi connectivity index (χ1v) is 34.6. The first-order chi connectivity index (χ1) is 44.6. The van der Waals surface area contributed by atoms with E-state index >= 15 is 0 Å². The van der Waals surface area contributed by atoms with Gasteiger partial charge < -0.3 is 24.4 Å². The number of aromatic hydroxyl groups is 2. The molecule has 474 valence electrons. The number of ether oxygens (including phenoxy) is 3. The van der Waals surface area contributed by atoms with E-state index in [4.69, 9.17) is 29.2 Å². The third-order valence-electron chi connectivity index (χ3n) is 16.0. The van der Waals surface area contributed by atoms with Crippen LogP contribution in [0.2, 0.25) is 0 Å². The minimum absolute atomic E-state index is 0.0276. The first-order valence-electron chi connectivity index (χ1n) is 34.6. The number of nitrogens with zero attached hydrogens (tertiary/aromatic N) is 3. The molecule has 0 saturated heterocycles. The SMILES string of the molecule is CCCCCCCCOc1cc2c#cc3cc(CCCC)cc(c#cc4cc(OCCCCCCCC)cc(c#cc5cc(CCCCC)cc(c#cc6cc(OCCCCCCCC)cc(c#cc7cc(CCCCC)cc(c#cc(c1)n2)c7O)n6)c5O)n4)c3. The molecule has 0 atom stereocenters. The topological polar surface area (TPSA) is 107 Å². The minimum Gasteiger partial charge on any atom is -0.505 e. The molecule has 0 aliphatic rings. The predicted octanol–water partition coefficient (Wildman–Crippen LogP) is 21.9. The van der Waals surface area contributed by atoms with Gasteiger partial charge in [-0.05, 0) is 153 Å². The van der Waals surface area contributed by atoms with Crippen LogP contribution in [0.5, 0.6) is 28.7 Å². The fraction of sp³-hybridized carbons (Fsp3) is 0.458. The Morgan fingerprint density at radius 2 is 0.516 bits per heavy atom. The van der Waals surface area contributed by atoms with Crippen molar-refractivity contribution in [3.8, 4) is 28.7 Å². The molecule has 3 aromatic carbocycles. The van der Waals surface area contributed by atoms with Crippen molar-refractivity contribution >= 4 is 65.4 Å². The molecule has 2 N–H and O–H groups in total. The molecule has 4 heterocycles. The van der Waals surface area contributed by atoms with Crippen LogP contribution < -0.4 is 14.2 Å². The van der Waals surface area contributed by atoms with Crippen molar-refractivity contribution in [1.82, 2.24) is 15.0 Å². The highest BCUT2D eigenvalue weighted by molar-refractivity contribution is 5.81. The fourth-order valence-corrected chi connectivity index (χ4v) is 10.7. The summed E-state index contributed by atoms with van der Waals surface area (Å²) in [6.45, 7) is 14.9. The lowest BCUT2D eigenvalue weighted by atomic mass is 10.0.